The standard InChI is InChI=1S/C14H18N2O.ClH/c1-9-4-3-5-13(10(9)2)14(17)16-8-11-6-12(16)7-15-11;/h3-5,11-12,15H,6-8H2,1-2H3;1H. The van der Waals surface area contributed by atoms with Crippen LogP contribution in [0.25, 0.3) is 0 Å². The minimum atomic E-state index is 0. The van der Waals surface area contributed by atoms with Gasteiger partial charge >= 0.3 is 0 Å². The number of rotatable bonds is 1. The third-order valence-corrected chi connectivity index (χ3v) is 4.15. The Kier molecular flexibility index (Phi) is 3.64. The molecule has 3 nitrogen and oxygen atoms in total. The molecule has 18 heavy (non-hydrogen) atoms. The summed E-state index contributed by atoms with van der Waals surface area (Å²) in [6.07, 6.45) is 1.12. The fourth-order valence-corrected chi connectivity index (χ4v) is 2.95. The summed E-state index contributed by atoms with van der Waals surface area (Å²) in [5, 5.41) is 3.42. The number of likely N-dealkylation sites (tertiary alicyclic amines) is 1. The number of benzene rings is 1. The summed E-state index contributed by atoms with van der Waals surface area (Å²) in [6.45, 7) is 5.93. The zero-order chi connectivity index (χ0) is 12.0. The molecule has 0 radical (unpaired) electrons. The first-order valence-electron chi connectivity index (χ1n) is 6.27. The van der Waals surface area contributed by atoms with Crippen molar-refractivity contribution in [2.45, 2.75) is 32.4 Å². The van der Waals surface area contributed by atoms with Gasteiger partial charge in [0.2, 0.25) is 0 Å². The number of nitrogens with one attached hydrogen (secondary N) is 1. The molecule has 1 amide bonds. The molecule has 2 fully saturated rings. The highest BCUT2D eigenvalue weighted by atomic mass is 35.5. The van der Waals surface area contributed by atoms with Crippen LogP contribution in [0.2, 0.25) is 0 Å². The first-order chi connectivity index (χ1) is 8.16. The van der Waals surface area contributed by atoms with Gasteiger partial charge in [-0.15, -0.1) is 12.4 Å². The van der Waals surface area contributed by atoms with Gasteiger partial charge in [0.15, 0.2) is 0 Å². The summed E-state index contributed by atoms with van der Waals surface area (Å²) in [7, 11) is 0. The predicted molar refractivity (Wildman–Crippen MR) is 74.4 cm³/mol. The van der Waals surface area contributed by atoms with Crippen LogP contribution in [0.15, 0.2) is 18.2 Å². The molecule has 0 saturated carbocycles. The van der Waals surface area contributed by atoms with Gasteiger partial charge in [0.05, 0.1) is 0 Å². The first-order valence-corrected chi connectivity index (χ1v) is 6.27. The lowest BCUT2D eigenvalue weighted by atomic mass is 10.0. The molecule has 2 aliphatic heterocycles. The Morgan fingerprint density at radius 3 is 2.78 bits per heavy atom. The maximum Gasteiger partial charge on any atom is 0.254 e. The van der Waals surface area contributed by atoms with Gasteiger partial charge in [-0.2, -0.15) is 0 Å². The van der Waals surface area contributed by atoms with Gasteiger partial charge in [-0.05, 0) is 37.5 Å². The Balaban J connectivity index is 0.00000120. The van der Waals surface area contributed by atoms with Crippen molar-refractivity contribution in [3.63, 3.8) is 0 Å². The second kappa shape index (κ2) is 4.90. The largest absolute Gasteiger partial charge is 0.333 e. The summed E-state index contributed by atoms with van der Waals surface area (Å²) >= 11 is 0. The van der Waals surface area contributed by atoms with E-state index in [9.17, 15) is 4.79 Å². The van der Waals surface area contributed by atoms with Gasteiger partial charge in [-0.1, -0.05) is 12.1 Å². The van der Waals surface area contributed by atoms with Crippen LogP contribution >= 0.6 is 12.4 Å². The molecule has 2 unspecified atom stereocenters. The van der Waals surface area contributed by atoms with Crippen LogP contribution in [0.5, 0.6) is 0 Å². The zero-order valence-electron chi connectivity index (χ0n) is 10.8. The molecule has 2 atom stereocenters. The van der Waals surface area contributed by atoms with Gasteiger partial charge in [-0.3, -0.25) is 4.79 Å². The normalized spacial score (nSPS) is 25.1. The maximum atomic E-state index is 12.5. The lowest BCUT2D eigenvalue weighted by Crippen LogP contribution is -2.46. The topological polar surface area (TPSA) is 32.3 Å². The van der Waals surface area contributed by atoms with Crippen molar-refractivity contribution >= 4 is 18.3 Å². The first kappa shape index (κ1) is 13.4. The van der Waals surface area contributed by atoms with E-state index in [2.05, 4.69) is 18.3 Å². The number of carbonyl (C=O) groups is 1. The van der Waals surface area contributed by atoms with E-state index in [-0.39, 0.29) is 18.3 Å². The van der Waals surface area contributed by atoms with Gasteiger partial charge in [0, 0.05) is 30.7 Å². The molecule has 98 valence electrons. The number of piperazine rings is 1. The number of carbonyl (C=O) groups excluding carboxylic acids is 1. The van der Waals surface area contributed by atoms with Crippen molar-refractivity contribution in [3.8, 4) is 0 Å². The van der Waals surface area contributed by atoms with E-state index in [1.165, 1.54) is 5.56 Å². The summed E-state index contributed by atoms with van der Waals surface area (Å²) in [5.74, 6) is 0.209. The van der Waals surface area contributed by atoms with Crippen LogP contribution in [-0.2, 0) is 0 Å². The minimum absolute atomic E-state index is 0. The van der Waals surface area contributed by atoms with Crippen molar-refractivity contribution in [1.29, 1.82) is 0 Å². The molecule has 1 aromatic rings. The molecule has 2 aliphatic rings. The van der Waals surface area contributed by atoms with E-state index in [1.807, 2.05) is 24.0 Å². The molecule has 0 spiro atoms. The van der Waals surface area contributed by atoms with Crippen LogP contribution in [0.4, 0.5) is 0 Å². The maximum absolute atomic E-state index is 12.5. The molecular weight excluding hydrogens is 248 g/mol. The third-order valence-electron chi connectivity index (χ3n) is 4.15. The number of hydrogen-bond donors (Lipinski definition) is 1. The average molecular weight is 267 g/mol. The van der Waals surface area contributed by atoms with E-state index in [4.69, 9.17) is 0 Å². The Morgan fingerprint density at radius 1 is 1.39 bits per heavy atom. The summed E-state index contributed by atoms with van der Waals surface area (Å²) in [6, 6.07) is 6.91. The van der Waals surface area contributed by atoms with E-state index in [1.54, 1.807) is 0 Å². The highest BCUT2D eigenvalue weighted by molar-refractivity contribution is 5.96. The van der Waals surface area contributed by atoms with Gasteiger partial charge in [0.25, 0.3) is 5.91 Å². The Morgan fingerprint density at radius 2 is 2.17 bits per heavy atom. The molecule has 3 rings (SSSR count). The Hall–Kier alpha value is -1.06. The van der Waals surface area contributed by atoms with Crippen LogP contribution < -0.4 is 5.32 Å². The molecule has 4 heteroatoms. The lowest BCUT2D eigenvalue weighted by Gasteiger charge is -2.28. The van der Waals surface area contributed by atoms with Gasteiger partial charge < -0.3 is 10.2 Å². The number of amides is 1. The van der Waals surface area contributed by atoms with Crippen molar-refractivity contribution in [2.75, 3.05) is 13.1 Å². The highest BCUT2D eigenvalue weighted by Crippen LogP contribution is 2.26. The zero-order valence-corrected chi connectivity index (χ0v) is 11.6. The minimum Gasteiger partial charge on any atom is -0.333 e. The monoisotopic (exact) mass is 266 g/mol. The van der Waals surface area contributed by atoms with Crippen molar-refractivity contribution in [1.82, 2.24) is 10.2 Å². The molecule has 2 bridgehead atoms. The molecule has 2 saturated heterocycles. The number of aryl methyl sites for hydroxylation is 1. The summed E-state index contributed by atoms with van der Waals surface area (Å²) in [5.41, 5.74) is 3.18. The molecular formula is C14H19ClN2O. The number of nitrogens with zero attached hydrogens (tertiary/aromatic N) is 1. The lowest BCUT2D eigenvalue weighted by molar-refractivity contribution is 0.0715. The van der Waals surface area contributed by atoms with Crippen LogP contribution in [0.1, 0.15) is 27.9 Å². The third kappa shape index (κ3) is 2.02. The molecule has 2 heterocycles. The fraction of sp³-hybridized carbons (Fsp3) is 0.500. The molecule has 0 aliphatic carbocycles. The Bertz CT molecular complexity index is 475. The van der Waals surface area contributed by atoms with Crippen LogP contribution in [0.3, 0.4) is 0 Å². The van der Waals surface area contributed by atoms with Crippen LogP contribution in [-0.4, -0.2) is 36.0 Å². The van der Waals surface area contributed by atoms with Crippen molar-refractivity contribution in [3.05, 3.63) is 34.9 Å². The SMILES string of the molecule is Cc1cccc(C(=O)N2CC3CC2CN3)c1C.Cl. The smallest absolute Gasteiger partial charge is 0.254 e. The summed E-state index contributed by atoms with van der Waals surface area (Å²) in [4.78, 5) is 14.6. The molecule has 1 N–H and O–H groups in total. The number of fused-ring (bicyclic) bond motifs is 2. The molecule has 1 aromatic carbocycles. The predicted octanol–water partition coefficient (Wildman–Crippen LogP) is 1.91. The number of halogens is 1. The van der Waals surface area contributed by atoms with Crippen molar-refractivity contribution in [2.24, 2.45) is 0 Å². The van der Waals surface area contributed by atoms with Gasteiger partial charge in [-0.25, -0.2) is 0 Å². The van der Waals surface area contributed by atoms with Crippen molar-refractivity contribution < 1.29 is 4.79 Å². The molecule has 0 aromatic heterocycles. The second-order valence-corrected chi connectivity index (χ2v) is 5.20. The summed E-state index contributed by atoms with van der Waals surface area (Å²) < 4.78 is 0. The van der Waals surface area contributed by atoms with E-state index < -0.39 is 0 Å². The fourth-order valence-electron chi connectivity index (χ4n) is 2.95. The van der Waals surface area contributed by atoms with E-state index >= 15 is 0 Å². The van der Waals surface area contributed by atoms with Gasteiger partial charge in [0.1, 0.15) is 0 Å². The highest BCUT2D eigenvalue weighted by Gasteiger charge is 2.40. The van der Waals surface area contributed by atoms with E-state index in [0.717, 1.165) is 30.6 Å². The van der Waals surface area contributed by atoms with Crippen LogP contribution in [0, 0.1) is 13.8 Å². The Labute approximate surface area is 114 Å². The average Bonchev–Trinajstić information content (AvgIpc) is 2.94. The quantitative estimate of drug-likeness (QED) is 0.842. The number of hydrogen-bond acceptors (Lipinski definition) is 2. The second-order valence-electron chi connectivity index (χ2n) is 5.20. The van der Waals surface area contributed by atoms with E-state index in [0.29, 0.717) is 12.1 Å².